The summed E-state index contributed by atoms with van der Waals surface area (Å²) in [5, 5.41) is 10.8. The van der Waals surface area contributed by atoms with E-state index < -0.39 is 20.9 Å². The molecule has 0 aromatic heterocycles. The fraction of sp³-hybridized carbons (Fsp3) is 0.0714. The van der Waals surface area contributed by atoms with E-state index in [1.807, 2.05) is 24.3 Å². The standard InChI is InChI=1S/C28H21N3O7S/c1-37-23-14-6-19(7-15-23)18-30(27-25-4-2-3-5-26(25)39(35,36)29-27)21-12-16-24(17-13-21)38-28(32)20-8-10-22(11-9-20)31(33)34/h2-17H,18H2,1H3. The third-order valence-corrected chi connectivity index (χ3v) is 7.37. The first-order valence-electron chi connectivity index (χ1n) is 11.7. The average molecular weight is 544 g/mol. The van der Waals surface area contributed by atoms with Crippen LogP contribution in [0, 0.1) is 10.1 Å². The monoisotopic (exact) mass is 543 g/mol. The van der Waals surface area contributed by atoms with Gasteiger partial charge in [0, 0.05) is 29.9 Å². The Balaban J connectivity index is 1.44. The van der Waals surface area contributed by atoms with Crippen molar-refractivity contribution in [3.8, 4) is 11.5 Å². The van der Waals surface area contributed by atoms with Gasteiger partial charge < -0.3 is 14.4 Å². The summed E-state index contributed by atoms with van der Waals surface area (Å²) in [5.41, 5.74) is 2.01. The molecule has 0 saturated carbocycles. The van der Waals surface area contributed by atoms with Gasteiger partial charge in [0.05, 0.1) is 17.6 Å². The molecule has 0 aliphatic carbocycles. The number of ether oxygens (including phenoxy) is 2. The van der Waals surface area contributed by atoms with Crippen LogP contribution in [0.3, 0.4) is 0 Å². The van der Waals surface area contributed by atoms with Gasteiger partial charge in [-0.15, -0.1) is 4.40 Å². The number of carbonyl (C=O) groups is 1. The van der Waals surface area contributed by atoms with Gasteiger partial charge >= 0.3 is 5.97 Å². The lowest BCUT2D eigenvalue weighted by Gasteiger charge is -2.25. The molecule has 4 aromatic rings. The fourth-order valence-electron chi connectivity index (χ4n) is 4.06. The topological polar surface area (TPSA) is 128 Å². The molecule has 0 unspecified atom stereocenters. The number of nitro benzene ring substituents is 1. The van der Waals surface area contributed by atoms with Crippen LogP contribution in [0.2, 0.25) is 0 Å². The summed E-state index contributed by atoms with van der Waals surface area (Å²) in [6, 6.07) is 25.7. The number of benzene rings is 4. The number of hydrogen-bond acceptors (Lipinski definition) is 8. The molecule has 0 fully saturated rings. The Morgan fingerprint density at radius 1 is 0.897 bits per heavy atom. The van der Waals surface area contributed by atoms with E-state index in [-0.39, 0.29) is 27.7 Å². The van der Waals surface area contributed by atoms with E-state index in [4.69, 9.17) is 9.47 Å². The van der Waals surface area contributed by atoms with Crippen LogP contribution in [0.1, 0.15) is 21.5 Å². The summed E-state index contributed by atoms with van der Waals surface area (Å²) in [4.78, 5) is 24.7. The summed E-state index contributed by atoms with van der Waals surface area (Å²) in [7, 11) is -2.28. The molecule has 196 valence electrons. The van der Waals surface area contributed by atoms with Gasteiger partial charge in [-0.2, -0.15) is 8.42 Å². The minimum Gasteiger partial charge on any atom is -0.497 e. The van der Waals surface area contributed by atoms with Crippen molar-refractivity contribution in [2.75, 3.05) is 12.0 Å². The molecule has 0 atom stereocenters. The smallest absolute Gasteiger partial charge is 0.343 e. The molecule has 0 N–H and O–H groups in total. The summed E-state index contributed by atoms with van der Waals surface area (Å²) >= 11 is 0. The third kappa shape index (κ3) is 5.34. The van der Waals surface area contributed by atoms with Crippen LogP contribution in [0.4, 0.5) is 11.4 Å². The van der Waals surface area contributed by atoms with Gasteiger partial charge in [-0.1, -0.05) is 24.3 Å². The summed E-state index contributed by atoms with van der Waals surface area (Å²) in [6.07, 6.45) is 0. The molecule has 0 saturated heterocycles. The van der Waals surface area contributed by atoms with Gasteiger partial charge in [0.15, 0.2) is 5.84 Å². The predicted molar refractivity (Wildman–Crippen MR) is 144 cm³/mol. The summed E-state index contributed by atoms with van der Waals surface area (Å²) < 4.78 is 40.3. The van der Waals surface area contributed by atoms with Crippen molar-refractivity contribution in [2.24, 2.45) is 4.40 Å². The maximum Gasteiger partial charge on any atom is 0.343 e. The van der Waals surface area contributed by atoms with Crippen molar-refractivity contribution >= 4 is 33.2 Å². The Kier molecular flexibility index (Phi) is 6.82. The number of nitrogens with zero attached hydrogens (tertiary/aromatic N) is 3. The zero-order chi connectivity index (χ0) is 27.6. The molecular weight excluding hydrogens is 522 g/mol. The van der Waals surface area contributed by atoms with Gasteiger partial charge in [0.2, 0.25) is 0 Å². The number of amidine groups is 1. The second kappa shape index (κ2) is 10.4. The molecule has 0 bridgehead atoms. The lowest BCUT2D eigenvalue weighted by Crippen LogP contribution is -2.30. The average Bonchev–Trinajstić information content (AvgIpc) is 3.23. The van der Waals surface area contributed by atoms with Crippen LogP contribution in [-0.2, 0) is 16.6 Å². The van der Waals surface area contributed by atoms with Crippen molar-refractivity contribution in [1.29, 1.82) is 0 Å². The van der Waals surface area contributed by atoms with E-state index >= 15 is 0 Å². The molecule has 0 spiro atoms. The van der Waals surface area contributed by atoms with Gasteiger partial charge in [-0.05, 0) is 66.2 Å². The Hall–Kier alpha value is -5.03. The quantitative estimate of drug-likeness (QED) is 0.138. The maximum absolute atomic E-state index is 12.8. The first-order valence-corrected chi connectivity index (χ1v) is 13.1. The Morgan fingerprint density at radius 2 is 1.54 bits per heavy atom. The van der Waals surface area contributed by atoms with Gasteiger partial charge in [-0.25, -0.2) is 4.79 Å². The maximum atomic E-state index is 12.8. The molecule has 0 amide bonds. The van der Waals surface area contributed by atoms with Gasteiger partial charge in [0.25, 0.3) is 15.7 Å². The van der Waals surface area contributed by atoms with E-state index in [2.05, 4.69) is 4.40 Å². The molecular formula is C28H21N3O7S. The van der Waals surface area contributed by atoms with Crippen molar-refractivity contribution in [3.63, 3.8) is 0 Å². The first kappa shape index (κ1) is 25.6. The van der Waals surface area contributed by atoms with E-state index in [9.17, 15) is 23.3 Å². The molecule has 5 rings (SSSR count). The number of sulfonamides is 1. The fourth-order valence-corrected chi connectivity index (χ4v) is 5.28. The van der Waals surface area contributed by atoms with E-state index in [0.717, 1.165) is 5.56 Å². The molecule has 0 radical (unpaired) electrons. The van der Waals surface area contributed by atoms with Crippen LogP contribution in [0.25, 0.3) is 0 Å². The van der Waals surface area contributed by atoms with Crippen LogP contribution in [0.15, 0.2) is 106 Å². The van der Waals surface area contributed by atoms with Crippen molar-refractivity contribution in [2.45, 2.75) is 11.4 Å². The number of carbonyl (C=O) groups excluding carboxylic acids is 1. The van der Waals surface area contributed by atoms with Crippen LogP contribution in [0.5, 0.6) is 11.5 Å². The number of esters is 1. The third-order valence-electron chi connectivity index (χ3n) is 6.04. The van der Waals surface area contributed by atoms with Crippen LogP contribution >= 0.6 is 0 Å². The molecule has 10 nitrogen and oxygen atoms in total. The van der Waals surface area contributed by atoms with Gasteiger partial charge in [-0.3, -0.25) is 10.1 Å². The van der Waals surface area contributed by atoms with Crippen LogP contribution < -0.4 is 14.4 Å². The minimum atomic E-state index is -3.86. The number of rotatable bonds is 7. The van der Waals surface area contributed by atoms with Crippen molar-refractivity contribution in [3.05, 3.63) is 124 Å². The number of methoxy groups -OCH3 is 1. The highest BCUT2D eigenvalue weighted by Crippen LogP contribution is 2.32. The number of non-ortho nitro benzene ring substituents is 1. The van der Waals surface area contributed by atoms with E-state index in [0.29, 0.717) is 23.5 Å². The minimum absolute atomic E-state index is 0.133. The molecule has 1 aliphatic heterocycles. The Bertz CT molecular complexity index is 1680. The SMILES string of the molecule is COc1ccc(CN(C2=NS(=O)(=O)c3ccccc32)c2ccc(OC(=O)c3ccc([N+](=O)[O-])cc3)cc2)cc1. The Morgan fingerprint density at radius 3 is 2.18 bits per heavy atom. The largest absolute Gasteiger partial charge is 0.497 e. The highest BCUT2D eigenvalue weighted by Gasteiger charge is 2.32. The molecule has 4 aromatic carbocycles. The molecule has 1 heterocycles. The zero-order valence-corrected chi connectivity index (χ0v) is 21.4. The zero-order valence-electron chi connectivity index (χ0n) is 20.6. The Labute approximate surface area is 224 Å². The second-order valence-corrected chi connectivity index (χ2v) is 10.1. The van der Waals surface area contributed by atoms with Crippen molar-refractivity contribution in [1.82, 2.24) is 0 Å². The highest BCUT2D eigenvalue weighted by atomic mass is 32.2. The number of fused-ring (bicyclic) bond motifs is 1. The highest BCUT2D eigenvalue weighted by molar-refractivity contribution is 7.90. The lowest BCUT2D eigenvalue weighted by atomic mass is 10.1. The van der Waals surface area contributed by atoms with Crippen molar-refractivity contribution < 1.29 is 27.6 Å². The normalized spacial score (nSPS) is 13.2. The number of anilines is 1. The first-order chi connectivity index (χ1) is 18.7. The lowest BCUT2D eigenvalue weighted by molar-refractivity contribution is -0.384. The summed E-state index contributed by atoms with van der Waals surface area (Å²) in [6.45, 7) is 0.300. The predicted octanol–water partition coefficient (Wildman–Crippen LogP) is 4.98. The number of hydrogen-bond donors (Lipinski definition) is 0. The molecule has 11 heteroatoms. The van der Waals surface area contributed by atoms with E-state index in [1.54, 1.807) is 54.5 Å². The summed E-state index contributed by atoms with van der Waals surface area (Å²) in [5.74, 6) is 0.536. The second-order valence-electron chi connectivity index (χ2n) is 8.51. The van der Waals surface area contributed by atoms with Gasteiger partial charge in [0.1, 0.15) is 16.4 Å². The van der Waals surface area contributed by atoms with Crippen LogP contribution in [-0.4, -0.2) is 32.3 Å². The number of nitro groups is 1. The van der Waals surface area contributed by atoms with E-state index in [1.165, 1.54) is 30.3 Å². The molecule has 39 heavy (non-hydrogen) atoms. The molecule has 1 aliphatic rings.